The number of ether oxygens (including phenoxy) is 1. The van der Waals surface area contributed by atoms with Gasteiger partial charge < -0.3 is 19.9 Å². The van der Waals surface area contributed by atoms with Gasteiger partial charge in [0.2, 0.25) is 11.8 Å². The van der Waals surface area contributed by atoms with E-state index in [0.29, 0.717) is 12.4 Å². The number of likely N-dealkylation sites (tertiary alicyclic amines) is 1. The Morgan fingerprint density at radius 1 is 1.19 bits per heavy atom. The molecule has 2 N–H and O–H groups in total. The third-order valence-corrected chi connectivity index (χ3v) is 6.40. The molecule has 2 unspecified atom stereocenters. The number of anilines is 3. The minimum absolute atomic E-state index is 0.0916. The lowest BCUT2D eigenvalue weighted by Gasteiger charge is -2.35. The van der Waals surface area contributed by atoms with Gasteiger partial charge in [-0.1, -0.05) is 6.58 Å². The summed E-state index contributed by atoms with van der Waals surface area (Å²) in [5.74, 6) is 0.477. The molecule has 1 aromatic heterocycles. The Morgan fingerprint density at radius 3 is 2.51 bits per heavy atom. The van der Waals surface area contributed by atoms with Crippen LogP contribution in [-0.4, -0.2) is 77.3 Å². The van der Waals surface area contributed by atoms with Crippen molar-refractivity contribution in [2.45, 2.75) is 65.0 Å². The molecule has 0 saturated carbocycles. The summed E-state index contributed by atoms with van der Waals surface area (Å²) in [6.07, 6.45) is 4.55. The molecule has 2 atom stereocenters. The highest BCUT2D eigenvalue weighted by Gasteiger charge is 2.31. The number of carbonyl (C=O) groups excluding carboxylic acids is 3. The van der Waals surface area contributed by atoms with E-state index in [9.17, 15) is 14.4 Å². The lowest BCUT2D eigenvalue weighted by molar-refractivity contribution is -0.134. The van der Waals surface area contributed by atoms with Gasteiger partial charge >= 0.3 is 6.09 Å². The van der Waals surface area contributed by atoms with Gasteiger partial charge in [0.1, 0.15) is 17.5 Å². The number of hydrogen-bond acceptors (Lipinski definition) is 8. The van der Waals surface area contributed by atoms with Crippen LogP contribution >= 0.6 is 0 Å². The van der Waals surface area contributed by atoms with Crippen molar-refractivity contribution in [1.29, 1.82) is 0 Å². The van der Waals surface area contributed by atoms with E-state index < -0.39 is 23.6 Å². The molecule has 202 valence electrons. The van der Waals surface area contributed by atoms with E-state index in [1.807, 2.05) is 4.90 Å². The monoisotopic (exact) mass is 513 g/mol. The Labute approximate surface area is 218 Å². The standard InChI is InChI=1S/C26H39N7O4/c1-7-33(27-6)18(2)23(34)30-22-20(28-25(36)37-26(3,4)5)12-13-21(29-22)32-16-10-11-19(17-32)24(35)31-14-8-9-15-31/h7,12-13,18-19H,1,6,8-11,14-17H2,2-5H3,(H,28,36)(H,29,30,34). The van der Waals surface area contributed by atoms with E-state index in [0.717, 1.165) is 45.3 Å². The first-order valence-corrected chi connectivity index (χ1v) is 12.8. The van der Waals surface area contributed by atoms with Crippen LogP contribution in [0.15, 0.2) is 30.0 Å². The lowest BCUT2D eigenvalue weighted by atomic mass is 9.96. The zero-order chi connectivity index (χ0) is 27.2. The SMILES string of the molecule is C=CN(N=C)C(C)C(=O)Nc1nc(N2CCCC(C(=O)N3CCCC3)C2)ccc1NC(=O)OC(C)(C)C. The summed E-state index contributed by atoms with van der Waals surface area (Å²) in [6, 6.07) is 2.73. The maximum atomic E-state index is 13.0. The van der Waals surface area contributed by atoms with Crippen molar-refractivity contribution < 1.29 is 19.1 Å². The molecule has 37 heavy (non-hydrogen) atoms. The van der Waals surface area contributed by atoms with Crippen LogP contribution in [0.3, 0.4) is 0 Å². The zero-order valence-electron chi connectivity index (χ0n) is 22.3. The maximum absolute atomic E-state index is 13.0. The molecule has 1 aromatic rings. The number of hydrazone groups is 1. The molecule has 0 aromatic carbocycles. The van der Waals surface area contributed by atoms with E-state index >= 15 is 0 Å². The Hall–Kier alpha value is -3.63. The van der Waals surface area contributed by atoms with Crippen LogP contribution in [-0.2, 0) is 14.3 Å². The Balaban J connectivity index is 1.83. The quantitative estimate of drug-likeness (QED) is 0.402. The normalized spacial score (nSPS) is 18.5. The van der Waals surface area contributed by atoms with Crippen LogP contribution in [0.5, 0.6) is 0 Å². The van der Waals surface area contributed by atoms with Crippen LogP contribution in [0.4, 0.5) is 22.1 Å². The molecular weight excluding hydrogens is 474 g/mol. The highest BCUT2D eigenvalue weighted by molar-refractivity contribution is 5.99. The fourth-order valence-electron chi connectivity index (χ4n) is 4.50. The van der Waals surface area contributed by atoms with Gasteiger partial charge in [0, 0.05) is 39.1 Å². The number of nitrogens with zero attached hydrogens (tertiary/aromatic N) is 5. The van der Waals surface area contributed by atoms with Crippen molar-refractivity contribution in [3.63, 3.8) is 0 Å². The summed E-state index contributed by atoms with van der Waals surface area (Å²) >= 11 is 0. The van der Waals surface area contributed by atoms with E-state index in [1.54, 1.807) is 39.8 Å². The van der Waals surface area contributed by atoms with Gasteiger partial charge in [0.25, 0.3) is 0 Å². The average molecular weight is 514 g/mol. The van der Waals surface area contributed by atoms with Gasteiger partial charge in [-0.25, -0.2) is 9.78 Å². The first-order valence-electron chi connectivity index (χ1n) is 12.8. The van der Waals surface area contributed by atoms with Crippen molar-refractivity contribution in [2.75, 3.05) is 41.7 Å². The number of hydrogen-bond donors (Lipinski definition) is 2. The van der Waals surface area contributed by atoms with Crippen molar-refractivity contribution >= 4 is 41.9 Å². The number of amides is 3. The number of aromatic nitrogens is 1. The molecule has 2 aliphatic rings. The smallest absolute Gasteiger partial charge is 0.412 e. The van der Waals surface area contributed by atoms with Crippen LogP contribution < -0.4 is 15.5 Å². The number of pyridine rings is 1. The van der Waals surface area contributed by atoms with Gasteiger partial charge in [0.05, 0.1) is 11.6 Å². The minimum Gasteiger partial charge on any atom is -0.444 e. The molecule has 0 bridgehead atoms. The summed E-state index contributed by atoms with van der Waals surface area (Å²) in [5.41, 5.74) is -0.405. The average Bonchev–Trinajstić information content (AvgIpc) is 3.39. The second-order valence-electron chi connectivity index (χ2n) is 10.4. The first kappa shape index (κ1) is 27.9. The predicted molar refractivity (Wildman–Crippen MR) is 145 cm³/mol. The van der Waals surface area contributed by atoms with Gasteiger partial charge in [0.15, 0.2) is 5.82 Å². The fourth-order valence-corrected chi connectivity index (χ4v) is 4.50. The number of carbonyl (C=O) groups is 3. The molecule has 3 rings (SSSR count). The Bertz CT molecular complexity index is 1010. The van der Waals surface area contributed by atoms with Gasteiger partial charge in [-0.05, 0) is 65.5 Å². The van der Waals surface area contributed by atoms with E-state index in [2.05, 4.69) is 38.9 Å². The number of rotatable bonds is 8. The van der Waals surface area contributed by atoms with Crippen LogP contribution in [0.25, 0.3) is 0 Å². The highest BCUT2D eigenvalue weighted by Crippen LogP contribution is 2.29. The highest BCUT2D eigenvalue weighted by atomic mass is 16.6. The summed E-state index contributed by atoms with van der Waals surface area (Å²) in [5, 5.41) is 10.6. The largest absolute Gasteiger partial charge is 0.444 e. The van der Waals surface area contributed by atoms with Crippen LogP contribution in [0.2, 0.25) is 0 Å². The third kappa shape index (κ3) is 7.43. The Kier molecular flexibility index (Phi) is 9.12. The van der Waals surface area contributed by atoms with Gasteiger partial charge in [-0.2, -0.15) is 5.10 Å². The van der Waals surface area contributed by atoms with Crippen molar-refractivity contribution in [2.24, 2.45) is 11.0 Å². The molecule has 2 aliphatic heterocycles. The molecule has 2 saturated heterocycles. The molecule has 0 aliphatic carbocycles. The van der Waals surface area contributed by atoms with E-state index in [4.69, 9.17) is 4.74 Å². The van der Waals surface area contributed by atoms with Gasteiger partial charge in [-0.15, -0.1) is 0 Å². The molecule has 11 heteroatoms. The van der Waals surface area contributed by atoms with Crippen molar-refractivity contribution in [1.82, 2.24) is 14.9 Å². The summed E-state index contributed by atoms with van der Waals surface area (Å²) < 4.78 is 5.37. The molecule has 0 spiro atoms. The fraction of sp³-hybridized carbons (Fsp3) is 0.577. The van der Waals surface area contributed by atoms with Crippen LogP contribution in [0, 0.1) is 5.92 Å². The second-order valence-corrected chi connectivity index (χ2v) is 10.4. The van der Waals surface area contributed by atoms with E-state index in [1.165, 1.54) is 11.2 Å². The number of piperidine rings is 1. The molecule has 0 radical (unpaired) electrons. The van der Waals surface area contributed by atoms with Crippen molar-refractivity contribution in [3.05, 3.63) is 24.9 Å². The minimum atomic E-state index is -0.715. The lowest BCUT2D eigenvalue weighted by Crippen LogP contribution is -2.44. The first-order chi connectivity index (χ1) is 17.5. The molecule has 11 nitrogen and oxygen atoms in total. The predicted octanol–water partition coefficient (Wildman–Crippen LogP) is 3.66. The molecular formula is C26H39N7O4. The molecule has 3 heterocycles. The second kappa shape index (κ2) is 12.1. The van der Waals surface area contributed by atoms with Crippen molar-refractivity contribution in [3.8, 4) is 0 Å². The maximum Gasteiger partial charge on any atom is 0.412 e. The third-order valence-electron chi connectivity index (χ3n) is 6.40. The Morgan fingerprint density at radius 2 is 1.89 bits per heavy atom. The molecule has 2 fully saturated rings. The topological polar surface area (TPSA) is 119 Å². The van der Waals surface area contributed by atoms with E-state index in [-0.39, 0.29) is 23.3 Å². The summed E-state index contributed by atoms with van der Waals surface area (Å²) in [7, 11) is 0. The van der Waals surface area contributed by atoms with Gasteiger partial charge in [-0.3, -0.25) is 19.9 Å². The van der Waals surface area contributed by atoms with Crippen LogP contribution in [0.1, 0.15) is 53.4 Å². The number of nitrogens with one attached hydrogen (secondary N) is 2. The summed E-state index contributed by atoms with van der Waals surface area (Å²) in [4.78, 5) is 47.1. The summed E-state index contributed by atoms with van der Waals surface area (Å²) in [6.45, 7) is 17.0. The molecule has 3 amide bonds. The zero-order valence-corrected chi connectivity index (χ0v) is 22.3.